The number of rotatable bonds is 7. The van der Waals surface area contributed by atoms with Crippen molar-refractivity contribution >= 4 is 11.8 Å². The second-order valence-electron chi connectivity index (χ2n) is 6.31. The van der Waals surface area contributed by atoms with E-state index in [1.54, 1.807) is 0 Å². The Bertz CT molecular complexity index is 248. The van der Waals surface area contributed by atoms with Crippen molar-refractivity contribution < 1.29 is 0 Å². The standard InChI is InChI=1S/C15H32N4S/c1-17(2)7-8-18-9-11-19(12-10-18)13-14-20-15-3-5-16-6-4-15/h15-16H,3-14H2,1-2H3. The molecule has 2 rings (SSSR count). The average Bonchev–Trinajstić information content (AvgIpc) is 2.47. The van der Waals surface area contributed by atoms with E-state index in [0.717, 1.165) is 5.25 Å². The Morgan fingerprint density at radius 2 is 1.60 bits per heavy atom. The van der Waals surface area contributed by atoms with Crippen LogP contribution in [0.25, 0.3) is 0 Å². The Morgan fingerprint density at radius 1 is 1.00 bits per heavy atom. The van der Waals surface area contributed by atoms with Gasteiger partial charge < -0.3 is 10.2 Å². The fraction of sp³-hybridized carbons (Fsp3) is 1.00. The van der Waals surface area contributed by atoms with Crippen LogP contribution in [0.4, 0.5) is 0 Å². The molecule has 0 amide bonds. The number of likely N-dealkylation sites (N-methyl/N-ethyl adjacent to an activating group) is 1. The van der Waals surface area contributed by atoms with Gasteiger partial charge in [0.05, 0.1) is 0 Å². The summed E-state index contributed by atoms with van der Waals surface area (Å²) in [5.41, 5.74) is 0. The van der Waals surface area contributed by atoms with Crippen molar-refractivity contribution in [3.8, 4) is 0 Å². The first-order valence-electron chi connectivity index (χ1n) is 8.16. The lowest BCUT2D eigenvalue weighted by Crippen LogP contribution is -2.48. The van der Waals surface area contributed by atoms with Gasteiger partial charge in [0.25, 0.3) is 0 Å². The van der Waals surface area contributed by atoms with Crippen LogP contribution >= 0.6 is 11.8 Å². The van der Waals surface area contributed by atoms with Crippen LogP contribution in [0.15, 0.2) is 0 Å². The molecule has 2 fully saturated rings. The summed E-state index contributed by atoms with van der Waals surface area (Å²) in [5.74, 6) is 1.32. The number of piperazine rings is 1. The van der Waals surface area contributed by atoms with E-state index in [-0.39, 0.29) is 0 Å². The highest BCUT2D eigenvalue weighted by Crippen LogP contribution is 2.20. The number of nitrogens with one attached hydrogen (secondary N) is 1. The highest BCUT2D eigenvalue weighted by Gasteiger charge is 2.17. The number of hydrogen-bond donors (Lipinski definition) is 1. The van der Waals surface area contributed by atoms with Gasteiger partial charge in [0, 0.05) is 56.8 Å². The molecule has 2 saturated heterocycles. The zero-order valence-corrected chi connectivity index (χ0v) is 14.1. The molecule has 0 aromatic carbocycles. The second-order valence-corrected chi connectivity index (χ2v) is 7.71. The van der Waals surface area contributed by atoms with E-state index in [0.29, 0.717) is 0 Å². The summed E-state index contributed by atoms with van der Waals surface area (Å²) in [6.45, 7) is 11.2. The van der Waals surface area contributed by atoms with Crippen LogP contribution in [0.3, 0.4) is 0 Å². The van der Waals surface area contributed by atoms with Crippen LogP contribution < -0.4 is 5.32 Å². The molecule has 4 nitrogen and oxygen atoms in total. The van der Waals surface area contributed by atoms with Gasteiger partial charge in [-0.25, -0.2) is 0 Å². The zero-order chi connectivity index (χ0) is 14.2. The summed E-state index contributed by atoms with van der Waals surface area (Å²) < 4.78 is 0. The summed E-state index contributed by atoms with van der Waals surface area (Å²) in [6.07, 6.45) is 2.73. The van der Waals surface area contributed by atoms with Gasteiger partial charge in [-0.05, 0) is 40.0 Å². The third-order valence-electron chi connectivity index (χ3n) is 4.38. The van der Waals surface area contributed by atoms with Crippen molar-refractivity contribution in [1.29, 1.82) is 0 Å². The lowest BCUT2D eigenvalue weighted by atomic mass is 10.2. The number of nitrogens with zero attached hydrogens (tertiary/aromatic N) is 3. The predicted molar refractivity (Wildman–Crippen MR) is 89.8 cm³/mol. The molecule has 0 bridgehead atoms. The maximum absolute atomic E-state index is 3.45. The highest BCUT2D eigenvalue weighted by molar-refractivity contribution is 7.99. The molecule has 1 N–H and O–H groups in total. The molecule has 0 aromatic heterocycles. The second kappa shape index (κ2) is 9.26. The van der Waals surface area contributed by atoms with Crippen molar-refractivity contribution in [3.63, 3.8) is 0 Å². The van der Waals surface area contributed by atoms with Crippen molar-refractivity contribution in [2.24, 2.45) is 0 Å². The van der Waals surface area contributed by atoms with Crippen LogP contribution in [0.2, 0.25) is 0 Å². The quantitative estimate of drug-likeness (QED) is 0.743. The van der Waals surface area contributed by atoms with E-state index in [1.165, 1.54) is 77.5 Å². The van der Waals surface area contributed by atoms with Crippen LogP contribution in [0.1, 0.15) is 12.8 Å². The predicted octanol–water partition coefficient (Wildman–Crippen LogP) is 0.651. The Morgan fingerprint density at radius 3 is 2.20 bits per heavy atom. The molecule has 0 saturated carbocycles. The topological polar surface area (TPSA) is 21.8 Å². The summed E-state index contributed by atoms with van der Waals surface area (Å²) in [4.78, 5) is 7.54. The van der Waals surface area contributed by atoms with Crippen LogP contribution in [-0.4, -0.2) is 98.7 Å². The summed E-state index contributed by atoms with van der Waals surface area (Å²) in [6, 6.07) is 0. The Hall–Kier alpha value is 0.190. The lowest BCUT2D eigenvalue weighted by Gasteiger charge is -2.35. The zero-order valence-electron chi connectivity index (χ0n) is 13.3. The maximum Gasteiger partial charge on any atom is 0.0110 e. The SMILES string of the molecule is CN(C)CCN1CCN(CCSC2CCNCC2)CC1. The minimum atomic E-state index is 0.914. The van der Waals surface area contributed by atoms with E-state index in [1.807, 2.05) is 0 Å². The Labute approximate surface area is 129 Å². The van der Waals surface area contributed by atoms with Crippen LogP contribution in [0.5, 0.6) is 0 Å². The van der Waals surface area contributed by atoms with Gasteiger partial charge in [-0.3, -0.25) is 9.80 Å². The molecule has 2 aliphatic heterocycles. The van der Waals surface area contributed by atoms with Crippen molar-refractivity contribution in [2.75, 3.05) is 78.8 Å². The fourth-order valence-corrected chi connectivity index (χ4v) is 4.15. The van der Waals surface area contributed by atoms with Gasteiger partial charge in [0.15, 0.2) is 0 Å². The van der Waals surface area contributed by atoms with Gasteiger partial charge >= 0.3 is 0 Å². The van der Waals surface area contributed by atoms with Crippen molar-refractivity contribution in [1.82, 2.24) is 20.0 Å². The molecular formula is C15H32N4S. The largest absolute Gasteiger partial charge is 0.317 e. The van der Waals surface area contributed by atoms with Gasteiger partial charge in [-0.15, -0.1) is 0 Å². The van der Waals surface area contributed by atoms with Gasteiger partial charge in [-0.1, -0.05) is 0 Å². The smallest absolute Gasteiger partial charge is 0.0110 e. The highest BCUT2D eigenvalue weighted by atomic mass is 32.2. The molecule has 2 heterocycles. The van der Waals surface area contributed by atoms with E-state index in [4.69, 9.17) is 0 Å². The first kappa shape index (κ1) is 16.6. The van der Waals surface area contributed by atoms with E-state index in [9.17, 15) is 0 Å². The molecule has 0 atom stereocenters. The van der Waals surface area contributed by atoms with Crippen molar-refractivity contribution in [2.45, 2.75) is 18.1 Å². The molecule has 2 aliphatic rings. The lowest BCUT2D eigenvalue weighted by molar-refractivity contribution is 0.130. The Kier molecular flexibility index (Phi) is 7.66. The minimum Gasteiger partial charge on any atom is -0.317 e. The molecule has 20 heavy (non-hydrogen) atoms. The molecule has 5 heteroatoms. The molecule has 0 radical (unpaired) electrons. The molecular weight excluding hydrogens is 268 g/mol. The third kappa shape index (κ3) is 6.31. The summed E-state index contributed by atoms with van der Waals surface area (Å²) in [7, 11) is 4.32. The first-order valence-corrected chi connectivity index (χ1v) is 9.20. The number of hydrogen-bond acceptors (Lipinski definition) is 5. The number of piperidine rings is 1. The average molecular weight is 301 g/mol. The summed E-state index contributed by atoms with van der Waals surface area (Å²) >= 11 is 2.20. The molecule has 0 unspecified atom stereocenters. The number of thioether (sulfide) groups is 1. The Balaban J connectivity index is 1.51. The first-order chi connectivity index (χ1) is 9.74. The third-order valence-corrected chi connectivity index (χ3v) is 5.74. The van der Waals surface area contributed by atoms with E-state index < -0.39 is 0 Å². The van der Waals surface area contributed by atoms with E-state index >= 15 is 0 Å². The monoisotopic (exact) mass is 300 g/mol. The summed E-state index contributed by atoms with van der Waals surface area (Å²) in [5, 5.41) is 4.36. The molecule has 0 aliphatic carbocycles. The minimum absolute atomic E-state index is 0.914. The molecule has 0 aromatic rings. The molecule has 118 valence electrons. The van der Waals surface area contributed by atoms with Crippen LogP contribution in [0, 0.1) is 0 Å². The van der Waals surface area contributed by atoms with E-state index in [2.05, 4.69) is 45.9 Å². The van der Waals surface area contributed by atoms with Gasteiger partial charge in [-0.2, -0.15) is 11.8 Å². The fourth-order valence-electron chi connectivity index (χ4n) is 2.89. The maximum atomic E-state index is 3.45. The van der Waals surface area contributed by atoms with Crippen LogP contribution in [-0.2, 0) is 0 Å². The normalized spacial score (nSPS) is 23.6. The van der Waals surface area contributed by atoms with Gasteiger partial charge in [0.2, 0.25) is 0 Å². The van der Waals surface area contributed by atoms with Crippen molar-refractivity contribution in [3.05, 3.63) is 0 Å². The van der Waals surface area contributed by atoms with Gasteiger partial charge in [0.1, 0.15) is 0 Å². The molecule has 0 spiro atoms.